The Hall–Kier alpha value is -0.380. The van der Waals surface area contributed by atoms with Crippen molar-refractivity contribution in [3.05, 3.63) is 22.4 Å². The van der Waals surface area contributed by atoms with E-state index < -0.39 is 0 Å². The summed E-state index contributed by atoms with van der Waals surface area (Å²) in [5, 5.41) is 7.54. The van der Waals surface area contributed by atoms with Gasteiger partial charge in [0.15, 0.2) is 0 Å². The van der Waals surface area contributed by atoms with Crippen molar-refractivity contribution in [2.24, 2.45) is 0 Å². The lowest BCUT2D eigenvalue weighted by atomic mass is 10.2. The Morgan fingerprint density at radius 1 is 1.43 bits per heavy atom. The Balaban J connectivity index is 2.07. The highest BCUT2D eigenvalue weighted by Gasteiger charge is 1.99. The fourth-order valence-electron chi connectivity index (χ4n) is 1.46. The van der Waals surface area contributed by atoms with E-state index in [1.807, 2.05) is 7.05 Å². The third kappa shape index (κ3) is 4.74. The van der Waals surface area contributed by atoms with Crippen LogP contribution in [0.25, 0.3) is 0 Å². The summed E-state index contributed by atoms with van der Waals surface area (Å²) >= 11 is 1.78. The average Bonchev–Trinajstić information content (AvgIpc) is 2.65. The summed E-state index contributed by atoms with van der Waals surface area (Å²) in [7, 11) is 4.20. The number of rotatable bonds is 7. The quantitative estimate of drug-likeness (QED) is 0.697. The van der Waals surface area contributed by atoms with Crippen LogP contribution in [0.15, 0.2) is 16.8 Å². The van der Waals surface area contributed by atoms with E-state index in [1.165, 1.54) is 24.9 Å². The molecule has 0 atom stereocenters. The number of hydrogen-bond donors (Lipinski definition) is 1. The SMILES string of the molecule is CNCCCCN(C)Cc1ccsc1. The highest BCUT2D eigenvalue weighted by molar-refractivity contribution is 7.07. The van der Waals surface area contributed by atoms with Crippen LogP contribution < -0.4 is 5.32 Å². The van der Waals surface area contributed by atoms with E-state index >= 15 is 0 Å². The van der Waals surface area contributed by atoms with Gasteiger partial charge in [-0.25, -0.2) is 0 Å². The minimum absolute atomic E-state index is 1.09. The van der Waals surface area contributed by atoms with Gasteiger partial charge < -0.3 is 10.2 Å². The van der Waals surface area contributed by atoms with Crippen molar-refractivity contribution in [2.75, 3.05) is 27.2 Å². The number of hydrogen-bond acceptors (Lipinski definition) is 3. The van der Waals surface area contributed by atoms with Gasteiger partial charge in [-0.2, -0.15) is 11.3 Å². The fourth-order valence-corrected chi connectivity index (χ4v) is 2.12. The third-order valence-corrected chi connectivity index (χ3v) is 2.98. The molecule has 0 aliphatic rings. The predicted molar refractivity (Wildman–Crippen MR) is 63.8 cm³/mol. The monoisotopic (exact) mass is 212 g/mol. The van der Waals surface area contributed by atoms with Gasteiger partial charge in [-0.1, -0.05) is 0 Å². The Morgan fingerprint density at radius 3 is 2.93 bits per heavy atom. The molecule has 0 bridgehead atoms. The van der Waals surface area contributed by atoms with E-state index in [-0.39, 0.29) is 0 Å². The Labute approximate surface area is 90.9 Å². The van der Waals surface area contributed by atoms with Gasteiger partial charge in [0.1, 0.15) is 0 Å². The lowest BCUT2D eigenvalue weighted by Crippen LogP contribution is -2.20. The van der Waals surface area contributed by atoms with Gasteiger partial charge in [0.05, 0.1) is 0 Å². The molecule has 0 aliphatic carbocycles. The van der Waals surface area contributed by atoms with E-state index in [9.17, 15) is 0 Å². The summed E-state index contributed by atoms with van der Waals surface area (Å²) in [5.41, 5.74) is 1.44. The van der Waals surface area contributed by atoms with Crippen LogP contribution in [-0.2, 0) is 6.54 Å². The van der Waals surface area contributed by atoms with E-state index in [2.05, 4.69) is 34.1 Å². The molecule has 0 saturated carbocycles. The van der Waals surface area contributed by atoms with Gasteiger partial charge in [0, 0.05) is 6.54 Å². The summed E-state index contributed by atoms with van der Waals surface area (Å²) in [4.78, 5) is 2.39. The molecule has 2 nitrogen and oxygen atoms in total. The van der Waals surface area contributed by atoms with Gasteiger partial charge in [0.25, 0.3) is 0 Å². The summed E-state index contributed by atoms with van der Waals surface area (Å²) in [6.45, 7) is 3.41. The molecule has 1 N–H and O–H groups in total. The molecule has 1 rings (SSSR count). The Kier molecular flexibility index (Phi) is 5.83. The molecule has 14 heavy (non-hydrogen) atoms. The van der Waals surface area contributed by atoms with Crippen LogP contribution in [0, 0.1) is 0 Å². The van der Waals surface area contributed by atoms with Crippen LogP contribution in [0.5, 0.6) is 0 Å². The van der Waals surface area contributed by atoms with Gasteiger partial charge >= 0.3 is 0 Å². The molecule has 1 heterocycles. The van der Waals surface area contributed by atoms with E-state index in [0.717, 1.165) is 13.1 Å². The van der Waals surface area contributed by atoms with Crippen molar-refractivity contribution in [3.8, 4) is 0 Å². The van der Waals surface area contributed by atoms with Crippen molar-refractivity contribution in [3.63, 3.8) is 0 Å². The maximum Gasteiger partial charge on any atom is 0.0238 e. The van der Waals surface area contributed by atoms with Gasteiger partial charge in [0.2, 0.25) is 0 Å². The molecule has 0 radical (unpaired) electrons. The molecule has 0 aromatic carbocycles. The van der Waals surface area contributed by atoms with Crippen LogP contribution in [0.2, 0.25) is 0 Å². The van der Waals surface area contributed by atoms with Gasteiger partial charge in [-0.3, -0.25) is 0 Å². The largest absolute Gasteiger partial charge is 0.320 e. The molecule has 0 saturated heterocycles. The average molecular weight is 212 g/mol. The van der Waals surface area contributed by atoms with E-state index in [1.54, 1.807) is 11.3 Å². The molecule has 80 valence electrons. The summed E-state index contributed by atoms with van der Waals surface area (Å²) in [5.74, 6) is 0. The molecule has 1 aromatic heterocycles. The lowest BCUT2D eigenvalue weighted by Gasteiger charge is -2.15. The second-order valence-corrected chi connectivity index (χ2v) is 4.46. The molecule has 3 heteroatoms. The molecular weight excluding hydrogens is 192 g/mol. The van der Waals surface area contributed by atoms with Gasteiger partial charge in [-0.15, -0.1) is 0 Å². The maximum absolute atomic E-state index is 3.17. The zero-order valence-corrected chi connectivity index (χ0v) is 9.94. The van der Waals surface area contributed by atoms with Crippen molar-refractivity contribution in [1.29, 1.82) is 0 Å². The van der Waals surface area contributed by atoms with E-state index in [0.29, 0.717) is 0 Å². The lowest BCUT2D eigenvalue weighted by molar-refractivity contribution is 0.318. The van der Waals surface area contributed by atoms with Gasteiger partial charge in [-0.05, 0) is 62.4 Å². The smallest absolute Gasteiger partial charge is 0.0238 e. The number of nitrogens with one attached hydrogen (secondary N) is 1. The Bertz CT molecular complexity index is 221. The summed E-state index contributed by atoms with van der Waals surface area (Å²) in [6.07, 6.45) is 2.55. The first kappa shape index (κ1) is 11.7. The fraction of sp³-hybridized carbons (Fsp3) is 0.636. The third-order valence-electron chi connectivity index (χ3n) is 2.25. The number of unbranched alkanes of at least 4 members (excludes halogenated alkanes) is 1. The minimum Gasteiger partial charge on any atom is -0.320 e. The second-order valence-electron chi connectivity index (χ2n) is 3.68. The van der Waals surface area contributed by atoms with Crippen molar-refractivity contribution in [1.82, 2.24) is 10.2 Å². The van der Waals surface area contributed by atoms with E-state index in [4.69, 9.17) is 0 Å². The van der Waals surface area contributed by atoms with Crippen molar-refractivity contribution >= 4 is 11.3 Å². The maximum atomic E-state index is 3.17. The van der Waals surface area contributed by atoms with Crippen LogP contribution >= 0.6 is 11.3 Å². The first-order chi connectivity index (χ1) is 6.83. The van der Waals surface area contributed by atoms with Crippen LogP contribution in [-0.4, -0.2) is 32.1 Å². The zero-order chi connectivity index (χ0) is 10.2. The van der Waals surface area contributed by atoms with Crippen molar-refractivity contribution < 1.29 is 0 Å². The highest BCUT2D eigenvalue weighted by Crippen LogP contribution is 2.08. The first-order valence-corrected chi connectivity index (χ1v) is 6.11. The van der Waals surface area contributed by atoms with Crippen LogP contribution in [0.1, 0.15) is 18.4 Å². The summed E-state index contributed by atoms with van der Waals surface area (Å²) in [6, 6.07) is 2.20. The predicted octanol–water partition coefficient (Wildman–Crippen LogP) is 2.18. The zero-order valence-electron chi connectivity index (χ0n) is 9.12. The number of thiophene rings is 1. The molecule has 0 unspecified atom stereocenters. The van der Waals surface area contributed by atoms with Crippen LogP contribution in [0.4, 0.5) is 0 Å². The normalized spacial score (nSPS) is 11.1. The number of nitrogens with zero attached hydrogens (tertiary/aromatic N) is 1. The molecule has 0 aliphatic heterocycles. The molecule has 0 spiro atoms. The van der Waals surface area contributed by atoms with Crippen LogP contribution in [0.3, 0.4) is 0 Å². The molecule has 0 fully saturated rings. The highest BCUT2D eigenvalue weighted by atomic mass is 32.1. The first-order valence-electron chi connectivity index (χ1n) is 5.17. The summed E-state index contributed by atoms with van der Waals surface area (Å²) < 4.78 is 0. The molecule has 0 amide bonds. The standard InChI is InChI=1S/C11H20N2S/c1-12-6-3-4-7-13(2)9-11-5-8-14-10-11/h5,8,10,12H,3-4,6-7,9H2,1-2H3. The minimum atomic E-state index is 1.09. The topological polar surface area (TPSA) is 15.3 Å². The molecular formula is C11H20N2S. The second kappa shape index (κ2) is 6.98. The Morgan fingerprint density at radius 2 is 2.29 bits per heavy atom. The molecule has 1 aromatic rings. The van der Waals surface area contributed by atoms with Crippen molar-refractivity contribution in [2.45, 2.75) is 19.4 Å².